The van der Waals surface area contributed by atoms with Crippen molar-refractivity contribution in [2.45, 2.75) is 6.04 Å². The van der Waals surface area contributed by atoms with Crippen LogP contribution < -0.4 is 4.90 Å². The Bertz CT molecular complexity index is 458. The molecular formula is C12H13N3O2. The minimum absolute atomic E-state index is 0.221. The van der Waals surface area contributed by atoms with Crippen LogP contribution in [0.3, 0.4) is 0 Å². The molecule has 5 nitrogen and oxygen atoms in total. The van der Waals surface area contributed by atoms with E-state index in [0.717, 1.165) is 5.69 Å². The fourth-order valence-corrected chi connectivity index (χ4v) is 1.84. The van der Waals surface area contributed by atoms with E-state index < -0.39 is 6.09 Å². The van der Waals surface area contributed by atoms with E-state index >= 15 is 0 Å². The van der Waals surface area contributed by atoms with Gasteiger partial charge >= 0.3 is 6.09 Å². The van der Waals surface area contributed by atoms with Crippen molar-refractivity contribution in [3.63, 3.8) is 0 Å². The van der Waals surface area contributed by atoms with Crippen LogP contribution in [0.1, 0.15) is 5.56 Å². The fraction of sp³-hybridized carbons (Fsp3) is 0.333. The highest BCUT2D eigenvalue weighted by atomic mass is 16.4. The van der Waals surface area contributed by atoms with Crippen LogP contribution in [0.5, 0.6) is 0 Å². The highest BCUT2D eigenvalue weighted by Gasteiger charge is 2.33. The molecule has 1 saturated heterocycles. The molecule has 0 radical (unpaired) electrons. The number of nitriles is 1. The molecule has 2 rings (SSSR count). The first-order chi connectivity index (χ1) is 8.11. The number of nitrogens with zero attached hydrogens (tertiary/aromatic N) is 3. The average Bonchev–Trinajstić information content (AvgIpc) is 2.26. The molecule has 1 aliphatic rings. The van der Waals surface area contributed by atoms with Crippen LogP contribution >= 0.6 is 0 Å². The molecule has 1 N–H and O–H groups in total. The number of hydrogen-bond acceptors (Lipinski definition) is 3. The van der Waals surface area contributed by atoms with E-state index in [1.165, 1.54) is 4.90 Å². The van der Waals surface area contributed by atoms with Gasteiger partial charge in [0.05, 0.1) is 17.7 Å². The van der Waals surface area contributed by atoms with Gasteiger partial charge in [-0.3, -0.25) is 0 Å². The third-order valence-electron chi connectivity index (χ3n) is 3.08. The summed E-state index contributed by atoms with van der Waals surface area (Å²) in [6.45, 7) is 1.07. The summed E-state index contributed by atoms with van der Waals surface area (Å²) in [5.74, 6) is 0. The van der Waals surface area contributed by atoms with Gasteiger partial charge in [0.1, 0.15) is 0 Å². The summed E-state index contributed by atoms with van der Waals surface area (Å²) in [4.78, 5) is 14.1. The normalized spacial score (nSPS) is 14.9. The van der Waals surface area contributed by atoms with Gasteiger partial charge in [0.25, 0.3) is 0 Å². The van der Waals surface area contributed by atoms with Gasteiger partial charge in [-0.2, -0.15) is 5.26 Å². The summed E-state index contributed by atoms with van der Waals surface area (Å²) in [5.41, 5.74) is 1.63. The van der Waals surface area contributed by atoms with Gasteiger partial charge in [0, 0.05) is 25.8 Å². The summed E-state index contributed by atoms with van der Waals surface area (Å²) in [6, 6.07) is 9.57. The van der Waals surface area contributed by atoms with Gasteiger partial charge in [-0.25, -0.2) is 4.79 Å². The second-order valence-corrected chi connectivity index (χ2v) is 4.11. The number of anilines is 1. The Balaban J connectivity index is 1.99. The molecule has 0 aliphatic carbocycles. The SMILES string of the molecule is CN(c1ccc(C#N)cc1)C1CN(C(=O)O)C1. The highest BCUT2D eigenvalue weighted by Crippen LogP contribution is 2.21. The number of likely N-dealkylation sites (N-methyl/N-ethyl adjacent to an activating group) is 1. The predicted molar refractivity (Wildman–Crippen MR) is 62.9 cm³/mol. The molecule has 17 heavy (non-hydrogen) atoms. The molecule has 1 aromatic carbocycles. The summed E-state index contributed by atoms with van der Waals surface area (Å²) in [7, 11) is 1.94. The molecule has 1 amide bonds. The number of likely N-dealkylation sites (tertiary alicyclic amines) is 1. The number of hydrogen-bond donors (Lipinski definition) is 1. The standard InChI is InChI=1S/C12H13N3O2/c1-14(11-7-15(8-11)12(16)17)10-4-2-9(6-13)3-5-10/h2-5,11H,7-8H2,1H3,(H,16,17). The molecule has 88 valence electrons. The summed E-state index contributed by atoms with van der Waals surface area (Å²) in [5, 5.41) is 17.4. The topological polar surface area (TPSA) is 67.6 Å². The smallest absolute Gasteiger partial charge is 0.407 e. The zero-order valence-electron chi connectivity index (χ0n) is 9.50. The first kappa shape index (κ1) is 11.3. The molecule has 0 unspecified atom stereocenters. The quantitative estimate of drug-likeness (QED) is 0.834. The van der Waals surface area contributed by atoms with Crippen LogP contribution in [0.4, 0.5) is 10.5 Å². The van der Waals surface area contributed by atoms with E-state index in [9.17, 15) is 4.79 Å². The Hall–Kier alpha value is -2.22. The van der Waals surface area contributed by atoms with E-state index in [0.29, 0.717) is 18.7 Å². The number of carbonyl (C=O) groups is 1. The molecule has 5 heteroatoms. The van der Waals surface area contributed by atoms with Crippen molar-refractivity contribution in [3.05, 3.63) is 29.8 Å². The predicted octanol–water partition coefficient (Wildman–Crippen LogP) is 1.36. The van der Waals surface area contributed by atoms with Gasteiger partial charge in [-0.15, -0.1) is 0 Å². The highest BCUT2D eigenvalue weighted by molar-refractivity contribution is 5.67. The average molecular weight is 231 g/mol. The molecule has 1 aliphatic heterocycles. The van der Waals surface area contributed by atoms with Crippen molar-refractivity contribution in [1.29, 1.82) is 5.26 Å². The minimum Gasteiger partial charge on any atom is -0.465 e. The molecule has 0 spiro atoms. The maximum absolute atomic E-state index is 10.6. The lowest BCUT2D eigenvalue weighted by Crippen LogP contribution is -2.60. The van der Waals surface area contributed by atoms with E-state index in [2.05, 4.69) is 6.07 Å². The van der Waals surface area contributed by atoms with Crippen molar-refractivity contribution in [1.82, 2.24) is 4.90 Å². The van der Waals surface area contributed by atoms with E-state index in [1.54, 1.807) is 12.1 Å². The van der Waals surface area contributed by atoms with Crippen LogP contribution in [0, 0.1) is 11.3 Å². The Morgan fingerprint density at radius 3 is 2.53 bits per heavy atom. The third kappa shape index (κ3) is 2.16. The molecule has 0 aromatic heterocycles. The van der Waals surface area contributed by atoms with Crippen molar-refractivity contribution in [2.75, 3.05) is 25.0 Å². The third-order valence-corrected chi connectivity index (χ3v) is 3.08. The van der Waals surface area contributed by atoms with Crippen LogP contribution in [0.25, 0.3) is 0 Å². The Morgan fingerprint density at radius 2 is 2.06 bits per heavy atom. The molecule has 0 saturated carbocycles. The second kappa shape index (κ2) is 4.34. The lowest BCUT2D eigenvalue weighted by molar-refractivity contribution is 0.105. The van der Waals surface area contributed by atoms with E-state index in [4.69, 9.17) is 10.4 Å². The van der Waals surface area contributed by atoms with Crippen molar-refractivity contribution >= 4 is 11.8 Å². The van der Waals surface area contributed by atoms with Crippen molar-refractivity contribution in [3.8, 4) is 6.07 Å². The van der Waals surface area contributed by atoms with Gasteiger partial charge in [-0.1, -0.05) is 0 Å². The largest absolute Gasteiger partial charge is 0.465 e. The van der Waals surface area contributed by atoms with Crippen LogP contribution in [-0.2, 0) is 0 Å². The number of rotatable bonds is 2. The lowest BCUT2D eigenvalue weighted by atomic mass is 10.1. The van der Waals surface area contributed by atoms with Crippen LogP contribution in [-0.4, -0.2) is 42.3 Å². The second-order valence-electron chi connectivity index (χ2n) is 4.11. The molecule has 1 fully saturated rings. The maximum atomic E-state index is 10.6. The molecule has 1 aromatic rings. The van der Waals surface area contributed by atoms with Crippen molar-refractivity contribution in [2.24, 2.45) is 0 Å². The van der Waals surface area contributed by atoms with Crippen LogP contribution in [0.15, 0.2) is 24.3 Å². The molecular weight excluding hydrogens is 218 g/mol. The van der Waals surface area contributed by atoms with E-state index in [-0.39, 0.29) is 6.04 Å². The first-order valence-corrected chi connectivity index (χ1v) is 5.32. The Kier molecular flexibility index (Phi) is 2.88. The van der Waals surface area contributed by atoms with Gasteiger partial charge in [0.15, 0.2) is 0 Å². The van der Waals surface area contributed by atoms with Crippen molar-refractivity contribution < 1.29 is 9.90 Å². The van der Waals surface area contributed by atoms with Crippen LogP contribution in [0.2, 0.25) is 0 Å². The zero-order valence-corrected chi connectivity index (χ0v) is 9.50. The van der Waals surface area contributed by atoms with Gasteiger partial charge in [-0.05, 0) is 24.3 Å². The summed E-state index contributed by atoms with van der Waals surface area (Å²) >= 11 is 0. The Morgan fingerprint density at radius 1 is 1.47 bits per heavy atom. The number of amides is 1. The number of benzene rings is 1. The van der Waals surface area contributed by atoms with Gasteiger partial charge in [0.2, 0.25) is 0 Å². The molecule has 0 atom stereocenters. The van der Waals surface area contributed by atoms with E-state index in [1.807, 2.05) is 24.1 Å². The zero-order chi connectivity index (χ0) is 12.4. The van der Waals surface area contributed by atoms with Gasteiger partial charge < -0.3 is 14.9 Å². The molecule has 1 heterocycles. The fourth-order valence-electron chi connectivity index (χ4n) is 1.84. The lowest BCUT2D eigenvalue weighted by Gasteiger charge is -2.43. The number of carboxylic acid groups (broad SMARTS) is 1. The Labute approximate surface area is 99.5 Å². The maximum Gasteiger partial charge on any atom is 0.407 e. The molecule has 0 bridgehead atoms. The first-order valence-electron chi connectivity index (χ1n) is 5.32. The summed E-state index contributed by atoms with van der Waals surface area (Å²) < 4.78 is 0. The minimum atomic E-state index is -0.866. The summed E-state index contributed by atoms with van der Waals surface area (Å²) in [6.07, 6.45) is -0.866. The monoisotopic (exact) mass is 231 g/mol.